The summed E-state index contributed by atoms with van der Waals surface area (Å²) in [5, 5.41) is 10.9. The third kappa shape index (κ3) is 4.16. The van der Waals surface area contributed by atoms with Crippen LogP contribution >= 0.6 is 0 Å². The van der Waals surface area contributed by atoms with E-state index in [1.165, 1.54) is 18.4 Å². The molecule has 0 saturated heterocycles. The summed E-state index contributed by atoms with van der Waals surface area (Å²) in [5.74, 6) is 1.72. The fraction of sp³-hybridized carbons (Fsp3) is 0.786. The van der Waals surface area contributed by atoms with Crippen molar-refractivity contribution in [1.29, 1.82) is 0 Å². The van der Waals surface area contributed by atoms with Gasteiger partial charge in [0.05, 0.1) is 11.4 Å². The molecule has 1 aromatic rings. The Morgan fingerprint density at radius 1 is 1.12 bits per heavy atom. The molecule has 4 nitrogen and oxygen atoms in total. The smallest absolute Gasteiger partial charge is 0.191 e. The molecule has 0 unspecified atom stereocenters. The molecule has 1 heterocycles. The summed E-state index contributed by atoms with van der Waals surface area (Å²) in [7, 11) is -1.86. The number of aliphatic hydroxyl groups excluding tert-OH is 1. The van der Waals surface area contributed by atoms with Gasteiger partial charge in [0.1, 0.15) is 0 Å². The van der Waals surface area contributed by atoms with Crippen LogP contribution in [0.3, 0.4) is 0 Å². The maximum atomic E-state index is 10.7. The van der Waals surface area contributed by atoms with E-state index in [0.29, 0.717) is 23.7 Å². The predicted octanol–water partition coefficient (Wildman–Crippen LogP) is 6.21. The van der Waals surface area contributed by atoms with Gasteiger partial charge in [-0.15, -0.1) is 0 Å². The number of hydrogen-bond donors (Lipinski definition) is 1. The van der Waals surface area contributed by atoms with Crippen molar-refractivity contribution >= 4 is 8.32 Å². The van der Waals surface area contributed by atoms with Gasteiger partial charge in [0, 0.05) is 25.6 Å². The molecule has 6 atom stereocenters. The highest BCUT2D eigenvalue weighted by atomic mass is 28.4. The highest BCUT2D eigenvalue weighted by Crippen LogP contribution is 2.62. The van der Waals surface area contributed by atoms with E-state index in [-0.39, 0.29) is 22.5 Å². The number of aliphatic hydroxyl groups is 1. The van der Waals surface area contributed by atoms with Crippen molar-refractivity contribution in [3.05, 3.63) is 35.9 Å². The van der Waals surface area contributed by atoms with Crippen molar-refractivity contribution in [1.82, 2.24) is 9.97 Å². The highest BCUT2D eigenvalue weighted by molar-refractivity contribution is 6.74. The van der Waals surface area contributed by atoms with Gasteiger partial charge in [-0.05, 0) is 91.2 Å². The molecule has 4 rings (SSSR count). The molecule has 0 bridgehead atoms. The molecule has 1 N–H and O–H groups in total. The van der Waals surface area contributed by atoms with Crippen molar-refractivity contribution < 1.29 is 9.53 Å². The van der Waals surface area contributed by atoms with Crippen LogP contribution < -0.4 is 0 Å². The molecule has 0 spiro atoms. The van der Waals surface area contributed by atoms with Crippen molar-refractivity contribution in [3.8, 4) is 0 Å². The van der Waals surface area contributed by atoms with Gasteiger partial charge in [-0.2, -0.15) is 0 Å². The van der Waals surface area contributed by atoms with Crippen LogP contribution in [0.25, 0.3) is 0 Å². The fourth-order valence-corrected chi connectivity index (χ4v) is 8.21. The Labute approximate surface area is 202 Å². The molecular weight excluding hydrogens is 424 g/mol. The Hall–Kier alpha value is -1.04. The van der Waals surface area contributed by atoms with Gasteiger partial charge < -0.3 is 9.53 Å². The Morgan fingerprint density at radius 2 is 1.79 bits per heavy atom. The SMILES string of the molecule is C=C1CC[C@H]2[C@H](CO)[C@@H]([C@@]3(C)Cc4nccnc4C[C@@H]3CO[Si](C)(C)C(C)(C)C)CC[C@]12C. The van der Waals surface area contributed by atoms with Crippen LogP contribution in [0.2, 0.25) is 18.1 Å². The number of rotatable bonds is 5. The van der Waals surface area contributed by atoms with E-state index in [0.717, 1.165) is 43.7 Å². The number of hydrogen-bond acceptors (Lipinski definition) is 4. The van der Waals surface area contributed by atoms with Crippen molar-refractivity contribution in [3.63, 3.8) is 0 Å². The third-order valence-electron chi connectivity index (χ3n) is 10.7. The topological polar surface area (TPSA) is 55.2 Å². The van der Waals surface area contributed by atoms with E-state index < -0.39 is 8.32 Å². The summed E-state index contributed by atoms with van der Waals surface area (Å²) in [6.45, 7) is 22.0. The van der Waals surface area contributed by atoms with Gasteiger partial charge in [-0.3, -0.25) is 9.97 Å². The van der Waals surface area contributed by atoms with E-state index >= 15 is 0 Å². The number of fused-ring (bicyclic) bond motifs is 2. The lowest BCUT2D eigenvalue weighted by atomic mass is 9.49. The molecule has 0 radical (unpaired) electrons. The number of aromatic nitrogens is 2. The normalized spacial score (nSPS) is 37.0. The molecule has 184 valence electrons. The Morgan fingerprint density at radius 3 is 2.42 bits per heavy atom. The van der Waals surface area contributed by atoms with Crippen molar-refractivity contribution in [2.75, 3.05) is 13.2 Å². The zero-order chi connectivity index (χ0) is 24.2. The monoisotopic (exact) mass is 470 g/mol. The standard InChI is InChI=1S/C28H46N2O2Si/c1-19-9-10-22-21(17-31)23(11-12-27(19,22)5)28(6)16-25-24(29-13-14-30-25)15-20(28)18-32-33(7,8)26(2,3)4/h13-14,20-23,31H,1,9-12,15-18H2,2-8H3/t20-,21+,22+,23+,27-,28+/m1/s1. The molecule has 2 fully saturated rings. The summed E-state index contributed by atoms with van der Waals surface area (Å²) < 4.78 is 6.84. The van der Waals surface area contributed by atoms with Crippen LogP contribution in [0.15, 0.2) is 24.5 Å². The van der Waals surface area contributed by atoms with Crippen LogP contribution in [0.5, 0.6) is 0 Å². The van der Waals surface area contributed by atoms with E-state index in [4.69, 9.17) is 14.4 Å². The van der Waals surface area contributed by atoms with Crippen LogP contribution in [-0.2, 0) is 17.3 Å². The second kappa shape index (κ2) is 8.56. The molecular formula is C28H46N2O2Si. The van der Waals surface area contributed by atoms with Gasteiger partial charge in [0.15, 0.2) is 8.32 Å². The second-order valence-electron chi connectivity index (χ2n) is 13.3. The van der Waals surface area contributed by atoms with E-state index in [1.807, 2.05) is 12.4 Å². The molecule has 5 heteroatoms. The molecule has 0 aliphatic heterocycles. The second-order valence-corrected chi connectivity index (χ2v) is 18.1. The van der Waals surface area contributed by atoms with Gasteiger partial charge in [-0.25, -0.2) is 0 Å². The maximum Gasteiger partial charge on any atom is 0.191 e. The molecule has 3 aliphatic rings. The van der Waals surface area contributed by atoms with Crippen molar-refractivity contribution in [2.45, 2.75) is 91.3 Å². The first kappa shape index (κ1) is 25.1. The summed E-state index contributed by atoms with van der Waals surface area (Å²) >= 11 is 0. The quantitative estimate of drug-likeness (QED) is 0.410. The first-order valence-corrected chi connectivity index (χ1v) is 16.0. The number of nitrogens with zero attached hydrogens (tertiary/aromatic N) is 2. The lowest BCUT2D eigenvalue weighted by Gasteiger charge is -2.56. The average Bonchev–Trinajstić information content (AvgIpc) is 3.05. The average molecular weight is 471 g/mol. The minimum atomic E-state index is -1.86. The maximum absolute atomic E-state index is 10.7. The van der Waals surface area contributed by atoms with E-state index in [1.54, 1.807) is 0 Å². The fourth-order valence-electron chi connectivity index (χ4n) is 7.16. The van der Waals surface area contributed by atoms with Gasteiger partial charge >= 0.3 is 0 Å². The van der Waals surface area contributed by atoms with Crippen LogP contribution in [-0.4, -0.2) is 36.6 Å². The van der Waals surface area contributed by atoms with Crippen LogP contribution in [0, 0.1) is 34.5 Å². The summed E-state index contributed by atoms with van der Waals surface area (Å²) in [6.07, 6.45) is 10.2. The first-order valence-electron chi connectivity index (χ1n) is 13.1. The molecule has 0 amide bonds. The Balaban J connectivity index is 1.67. The summed E-state index contributed by atoms with van der Waals surface area (Å²) in [5.41, 5.74) is 3.95. The summed E-state index contributed by atoms with van der Waals surface area (Å²) in [6, 6.07) is 0. The highest BCUT2D eigenvalue weighted by Gasteiger charge is 2.57. The van der Waals surface area contributed by atoms with Crippen molar-refractivity contribution in [2.24, 2.45) is 34.5 Å². The van der Waals surface area contributed by atoms with E-state index in [9.17, 15) is 5.11 Å². The van der Waals surface area contributed by atoms with Gasteiger partial charge in [0.25, 0.3) is 0 Å². The Bertz CT molecular complexity index is 894. The predicted molar refractivity (Wildman–Crippen MR) is 137 cm³/mol. The van der Waals surface area contributed by atoms with E-state index in [2.05, 4.69) is 54.3 Å². The van der Waals surface area contributed by atoms with Gasteiger partial charge in [-0.1, -0.05) is 46.8 Å². The number of allylic oxidation sites excluding steroid dienone is 1. The lowest BCUT2D eigenvalue weighted by molar-refractivity contribution is -0.0733. The molecule has 33 heavy (non-hydrogen) atoms. The van der Waals surface area contributed by atoms with Crippen LogP contribution in [0.4, 0.5) is 0 Å². The minimum Gasteiger partial charge on any atom is -0.417 e. The Kier molecular flexibility index (Phi) is 6.50. The van der Waals surface area contributed by atoms with Crippen LogP contribution in [0.1, 0.15) is 71.7 Å². The molecule has 2 saturated carbocycles. The third-order valence-corrected chi connectivity index (χ3v) is 15.2. The zero-order valence-corrected chi connectivity index (χ0v) is 23.1. The summed E-state index contributed by atoms with van der Waals surface area (Å²) in [4.78, 5) is 9.48. The largest absolute Gasteiger partial charge is 0.417 e. The molecule has 1 aromatic heterocycles. The molecule has 0 aromatic carbocycles. The minimum absolute atomic E-state index is 0.0457. The first-order chi connectivity index (χ1) is 15.3. The van der Waals surface area contributed by atoms with Gasteiger partial charge in [0.2, 0.25) is 0 Å². The lowest BCUT2D eigenvalue weighted by Crippen LogP contribution is -2.53. The zero-order valence-electron chi connectivity index (χ0n) is 22.1. The molecule has 3 aliphatic carbocycles.